The van der Waals surface area contributed by atoms with Crippen molar-refractivity contribution in [1.82, 2.24) is 25.2 Å². The summed E-state index contributed by atoms with van der Waals surface area (Å²) in [4.78, 5) is 63.1. The molecule has 4 heterocycles. The minimum Gasteiger partial charge on any atom is -0.497 e. The molecule has 320 valence electrons. The smallest absolute Gasteiger partial charge is 0.408 e. The fourth-order valence-corrected chi connectivity index (χ4v) is 10.8. The van der Waals surface area contributed by atoms with Gasteiger partial charge >= 0.3 is 6.09 Å². The highest BCUT2D eigenvalue weighted by Crippen LogP contribution is 2.50. The molecule has 3 aliphatic heterocycles. The Morgan fingerprint density at radius 3 is 2.60 bits per heavy atom. The largest absolute Gasteiger partial charge is 0.497 e. The molecule has 60 heavy (non-hydrogen) atoms. The molecule has 7 atom stereocenters. The van der Waals surface area contributed by atoms with Crippen molar-refractivity contribution in [3.05, 3.63) is 59.8 Å². The molecule has 7 aliphatic rings. The van der Waals surface area contributed by atoms with E-state index in [0.717, 1.165) is 44.1 Å². The molecule has 4 amide bonds. The van der Waals surface area contributed by atoms with Crippen molar-refractivity contribution >= 4 is 44.7 Å². The summed E-state index contributed by atoms with van der Waals surface area (Å²) in [5.41, 5.74) is 0.888. The zero-order chi connectivity index (χ0) is 41.8. The normalized spacial score (nSPS) is 30.9. The number of rotatable bonds is 8. The predicted molar refractivity (Wildman–Crippen MR) is 220 cm³/mol. The number of benzene rings is 1. The summed E-state index contributed by atoms with van der Waals surface area (Å²) in [6.45, 7) is 2.00. The van der Waals surface area contributed by atoms with Gasteiger partial charge in [-0.2, -0.15) is 0 Å². The van der Waals surface area contributed by atoms with Crippen LogP contribution in [-0.4, -0.2) is 97.0 Å². The van der Waals surface area contributed by atoms with Crippen LogP contribution in [0.15, 0.2) is 54.2 Å². The number of sulfonamides is 1. The number of hydrogen-bond acceptors (Lipinski definition) is 11. The monoisotopic (exact) mass is 843 g/mol. The van der Waals surface area contributed by atoms with Gasteiger partial charge in [0.15, 0.2) is 11.5 Å². The van der Waals surface area contributed by atoms with Crippen LogP contribution in [0, 0.1) is 5.92 Å². The van der Waals surface area contributed by atoms with Gasteiger partial charge in [-0.1, -0.05) is 42.7 Å². The number of allylic oxidation sites excluding steroid dienone is 3. The van der Waals surface area contributed by atoms with Crippen LogP contribution >= 0.6 is 0 Å². The first-order valence-corrected chi connectivity index (χ1v) is 23.0. The van der Waals surface area contributed by atoms with Gasteiger partial charge in [-0.3, -0.25) is 19.1 Å². The van der Waals surface area contributed by atoms with Crippen molar-refractivity contribution < 1.29 is 46.5 Å². The van der Waals surface area contributed by atoms with E-state index in [0.29, 0.717) is 65.9 Å². The predicted octanol–water partition coefficient (Wildman–Crippen LogP) is 4.99. The van der Waals surface area contributed by atoms with Gasteiger partial charge in [0.25, 0.3) is 5.91 Å². The van der Waals surface area contributed by atoms with E-state index >= 15 is 0 Å². The van der Waals surface area contributed by atoms with Crippen molar-refractivity contribution in [2.75, 3.05) is 13.7 Å². The van der Waals surface area contributed by atoms with Crippen LogP contribution < -0.4 is 29.6 Å². The Labute approximate surface area is 349 Å². The number of pyridine rings is 1. The van der Waals surface area contributed by atoms with E-state index in [4.69, 9.17) is 23.9 Å². The molecule has 3 saturated carbocycles. The fraction of sp³-hybridized carbons (Fsp3) is 0.568. The average Bonchev–Trinajstić information content (AvgIpc) is 4.04. The molecule has 4 fully saturated rings. The summed E-state index contributed by atoms with van der Waals surface area (Å²) in [6.07, 6.45) is 15.9. The summed E-state index contributed by atoms with van der Waals surface area (Å²) in [7, 11) is -2.33. The molecule has 0 radical (unpaired) electrons. The second-order valence-corrected chi connectivity index (χ2v) is 19.4. The molecule has 0 bridgehead atoms. The van der Waals surface area contributed by atoms with Gasteiger partial charge in [-0.25, -0.2) is 18.2 Å². The Kier molecular flexibility index (Phi) is 10.8. The third kappa shape index (κ3) is 7.94. The average molecular weight is 844 g/mol. The molecule has 16 heteroatoms. The van der Waals surface area contributed by atoms with Crippen molar-refractivity contribution in [1.29, 1.82) is 0 Å². The van der Waals surface area contributed by atoms with Gasteiger partial charge in [0.05, 0.1) is 36.0 Å². The molecule has 15 nitrogen and oxygen atoms in total. The van der Waals surface area contributed by atoms with E-state index in [1.54, 1.807) is 13.2 Å². The first-order chi connectivity index (χ1) is 28.9. The topological polar surface area (TPSA) is 192 Å². The maximum Gasteiger partial charge on any atom is 0.408 e. The number of ether oxygens (including phenoxy) is 4. The second-order valence-electron chi connectivity index (χ2n) is 17.4. The maximum atomic E-state index is 14.8. The number of nitrogens with one attached hydrogen (secondary N) is 3. The lowest BCUT2D eigenvalue weighted by molar-refractivity contribution is -0.141. The number of hydrogen-bond donors (Lipinski definition) is 3. The summed E-state index contributed by atoms with van der Waals surface area (Å²) >= 11 is 0. The Hall–Kier alpha value is -5.12. The Bertz CT molecular complexity index is 2280. The quantitative estimate of drug-likeness (QED) is 0.304. The maximum absolute atomic E-state index is 14.8. The van der Waals surface area contributed by atoms with Crippen LogP contribution in [0.25, 0.3) is 10.9 Å². The van der Waals surface area contributed by atoms with Crippen molar-refractivity contribution in [2.45, 2.75) is 137 Å². The minimum atomic E-state index is -3.91. The number of aromatic nitrogens is 1. The highest BCUT2D eigenvalue weighted by Gasteiger charge is 2.62. The third-order valence-electron chi connectivity index (χ3n) is 13.0. The minimum absolute atomic E-state index is 0.0219. The SMILES string of the molecule is COc1ccc2c(O[C@@H]3C[C@H]4C(=O)N[C@]5(C(=O)NS(=O)(=O)C6CC6)C[C@H]5/C=C\CCCCC[C@H](NC(=O)OC5CCCC5)C(=O)N4C3)c3c(nc2c1)C1C=C(C)C=CC1O3. The summed E-state index contributed by atoms with van der Waals surface area (Å²) in [6, 6.07) is 3.36. The van der Waals surface area contributed by atoms with Gasteiger partial charge in [-0.05, 0) is 89.3 Å². The van der Waals surface area contributed by atoms with Gasteiger partial charge in [0.2, 0.25) is 21.8 Å². The number of nitrogens with zero attached hydrogens (tertiary/aromatic N) is 2. The van der Waals surface area contributed by atoms with Crippen LogP contribution in [0.2, 0.25) is 0 Å². The lowest BCUT2D eigenvalue weighted by atomic mass is 9.92. The fourth-order valence-electron chi connectivity index (χ4n) is 9.43. The number of carbonyl (C=O) groups excluding carboxylic acids is 4. The van der Waals surface area contributed by atoms with Crippen LogP contribution in [0.3, 0.4) is 0 Å². The Morgan fingerprint density at radius 2 is 1.82 bits per heavy atom. The van der Waals surface area contributed by atoms with Crippen LogP contribution in [0.1, 0.15) is 102 Å². The molecule has 9 rings (SSSR count). The highest BCUT2D eigenvalue weighted by atomic mass is 32.2. The molecule has 1 aromatic carbocycles. The second kappa shape index (κ2) is 16.1. The van der Waals surface area contributed by atoms with Gasteiger partial charge in [0.1, 0.15) is 41.7 Å². The van der Waals surface area contributed by atoms with Crippen LogP contribution in [0.5, 0.6) is 17.2 Å². The van der Waals surface area contributed by atoms with E-state index in [2.05, 4.69) is 21.4 Å². The lowest BCUT2D eigenvalue weighted by Crippen LogP contribution is -2.58. The van der Waals surface area contributed by atoms with Crippen LogP contribution in [-0.2, 0) is 29.1 Å². The van der Waals surface area contributed by atoms with Crippen molar-refractivity contribution in [3.63, 3.8) is 0 Å². The van der Waals surface area contributed by atoms with Crippen molar-refractivity contribution in [2.24, 2.45) is 5.92 Å². The van der Waals surface area contributed by atoms with E-state index < -0.39 is 68.7 Å². The third-order valence-corrected chi connectivity index (χ3v) is 14.9. The zero-order valence-electron chi connectivity index (χ0n) is 34.0. The summed E-state index contributed by atoms with van der Waals surface area (Å²) < 4.78 is 52.9. The summed E-state index contributed by atoms with van der Waals surface area (Å²) in [5, 5.41) is 5.80. The molecule has 0 spiro atoms. The molecular formula is C44H53N5O10S. The Morgan fingerprint density at radius 1 is 1.02 bits per heavy atom. The number of carbonyl (C=O) groups is 4. The molecule has 1 aromatic heterocycles. The molecule has 4 aliphatic carbocycles. The summed E-state index contributed by atoms with van der Waals surface area (Å²) in [5.74, 6) is -0.946. The lowest BCUT2D eigenvalue weighted by Gasteiger charge is -2.30. The number of amides is 4. The first-order valence-electron chi connectivity index (χ1n) is 21.5. The van der Waals surface area contributed by atoms with E-state index in [1.807, 2.05) is 43.4 Å². The molecule has 1 saturated heterocycles. The van der Waals surface area contributed by atoms with Gasteiger partial charge in [0, 0.05) is 23.8 Å². The van der Waals surface area contributed by atoms with Gasteiger partial charge < -0.3 is 34.5 Å². The molecule has 2 aromatic rings. The number of methoxy groups -OCH3 is 1. The van der Waals surface area contributed by atoms with E-state index in [9.17, 15) is 27.6 Å². The standard InChI is InChI=1S/C44H53N5O10S/c1-25-14-19-36-32(20-25)37-39(59-36)38(31-18-15-28(56-2)21-34(31)45-37)57-29-22-35-40(50)47-44(42(52)48-60(54,55)30-16-17-30)23-26(44)10-6-4-3-5-7-13-33(41(51)49(35)24-29)46-43(53)58-27-11-8-9-12-27/h6,10,14-15,18-21,26-27,29-30,32-33,35-36H,3-5,7-9,11-13,16-17,22-24H2,1-2H3,(H,46,53)(H,47,50)(H,48,52)/b10-6-/t26-,29-,32?,33+,35+,36?,44-/m1/s1. The molecular weight excluding hydrogens is 791 g/mol. The Balaban J connectivity index is 1.05. The number of fused-ring (bicyclic) bond motifs is 6. The van der Waals surface area contributed by atoms with Gasteiger partial charge in [-0.15, -0.1) is 0 Å². The first kappa shape index (κ1) is 40.3. The molecule has 3 N–H and O–H groups in total. The highest BCUT2D eigenvalue weighted by molar-refractivity contribution is 7.91. The van der Waals surface area contributed by atoms with Crippen molar-refractivity contribution in [3.8, 4) is 17.2 Å². The number of alkyl carbamates (subject to hydrolysis) is 1. The zero-order valence-corrected chi connectivity index (χ0v) is 34.8. The van der Waals surface area contributed by atoms with E-state index in [1.165, 1.54) is 4.90 Å². The molecule has 2 unspecified atom stereocenters. The van der Waals surface area contributed by atoms with Crippen LogP contribution in [0.4, 0.5) is 4.79 Å². The van der Waals surface area contributed by atoms with E-state index in [-0.39, 0.29) is 37.5 Å².